The summed E-state index contributed by atoms with van der Waals surface area (Å²) in [6.45, 7) is 11.0. The molecule has 0 fully saturated rings. The number of carbonyl (C=O) groups is 1. The van der Waals surface area contributed by atoms with E-state index in [0.717, 1.165) is 35.4 Å². The van der Waals surface area contributed by atoms with Crippen molar-refractivity contribution >= 4 is 27.5 Å². The molecule has 0 bridgehead atoms. The molecule has 0 saturated carbocycles. The molecular weight excluding hydrogens is 404 g/mol. The molecule has 0 aliphatic carbocycles. The smallest absolute Gasteiger partial charge is 0.255 e. The minimum absolute atomic E-state index is 0.0972. The summed E-state index contributed by atoms with van der Waals surface area (Å²) in [6.07, 6.45) is 0.878. The lowest BCUT2D eigenvalue weighted by Gasteiger charge is -2.35. The Morgan fingerprint density at radius 3 is 2.70 bits per heavy atom. The molecule has 1 amide bonds. The highest BCUT2D eigenvalue weighted by Crippen LogP contribution is 2.35. The molecule has 1 aliphatic rings. The van der Waals surface area contributed by atoms with Gasteiger partial charge in [-0.15, -0.1) is 0 Å². The van der Waals surface area contributed by atoms with Crippen LogP contribution >= 0.6 is 15.9 Å². The Morgan fingerprint density at radius 1 is 1.26 bits per heavy atom. The number of carbonyl (C=O) groups excluding carboxylic acids is 1. The van der Waals surface area contributed by atoms with E-state index in [2.05, 4.69) is 53.4 Å². The second-order valence-electron chi connectivity index (χ2n) is 7.49. The zero-order valence-corrected chi connectivity index (χ0v) is 18.0. The van der Waals surface area contributed by atoms with Gasteiger partial charge in [0.05, 0.1) is 11.1 Å². The number of rotatable bonds is 5. The number of benzene rings is 2. The zero-order valence-electron chi connectivity index (χ0n) is 16.4. The van der Waals surface area contributed by atoms with Crippen LogP contribution < -0.4 is 15.4 Å². The molecule has 3 rings (SSSR count). The van der Waals surface area contributed by atoms with Gasteiger partial charge in [0, 0.05) is 29.8 Å². The first-order chi connectivity index (χ1) is 12.9. The van der Waals surface area contributed by atoms with Gasteiger partial charge in [-0.25, -0.2) is 0 Å². The van der Waals surface area contributed by atoms with Crippen molar-refractivity contribution in [3.8, 4) is 5.75 Å². The minimum atomic E-state index is -0.114. The van der Waals surface area contributed by atoms with Gasteiger partial charge < -0.3 is 15.4 Å². The number of fused-ring (bicyclic) bond motifs is 1. The second kappa shape index (κ2) is 8.03. The van der Waals surface area contributed by atoms with Gasteiger partial charge in [0.2, 0.25) is 0 Å². The van der Waals surface area contributed by atoms with Crippen LogP contribution in [0.15, 0.2) is 34.8 Å². The maximum Gasteiger partial charge on any atom is 0.255 e. The van der Waals surface area contributed by atoms with Gasteiger partial charge in [-0.05, 0) is 70.2 Å². The van der Waals surface area contributed by atoms with Crippen LogP contribution in [0.2, 0.25) is 0 Å². The maximum absolute atomic E-state index is 12.8. The van der Waals surface area contributed by atoms with Crippen molar-refractivity contribution < 1.29 is 9.53 Å². The molecule has 144 valence electrons. The molecule has 0 radical (unpaired) electrons. The van der Waals surface area contributed by atoms with Gasteiger partial charge in [0.15, 0.2) is 0 Å². The van der Waals surface area contributed by atoms with Crippen LogP contribution in [-0.2, 0) is 18.4 Å². The van der Waals surface area contributed by atoms with Crippen molar-refractivity contribution in [2.45, 2.75) is 46.1 Å². The first kappa shape index (κ1) is 19.9. The highest BCUT2D eigenvalue weighted by molar-refractivity contribution is 9.10. The number of halogens is 1. The molecule has 0 aromatic heterocycles. The summed E-state index contributed by atoms with van der Waals surface area (Å²) in [5, 5.41) is 6.62. The van der Waals surface area contributed by atoms with Crippen molar-refractivity contribution in [1.82, 2.24) is 5.32 Å². The number of nitrogens with one attached hydrogen (secondary N) is 2. The standard InChI is InChI=1S/C22H27BrN2O2/c1-5-15-16-12-24-13-22(3,4)17(16)8-9-19(15)25-21(26)14-7-10-20(27-6-2)18(23)11-14/h7-11,24H,5-6,12-13H2,1-4H3,(H,25,26). The normalized spacial score (nSPS) is 15.1. The summed E-state index contributed by atoms with van der Waals surface area (Å²) in [5.41, 5.74) is 5.50. The van der Waals surface area contributed by atoms with Crippen molar-refractivity contribution in [3.05, 3.63) is 57.1 Å². The molecule has 1 heterocycles. The summed E-state index contributed by atoms with van der Waals surface area (Å²) in [6, 6.07) is 9.63. The summed E-state index contributed by atoms with van der Waals surface area (Å²) in [4.78, 5) is 12.8. The number of ether oxygens (including phenoxy) is 1. The number of hydrogen-bond donors (Lipinski definition) is 2. The van der Waals surface area contributed by atoms with Gasteiger partial charge in [-0.2, -0.15) is 0 Å². The fourth-order valence-electron chi connectivity index (χ4n) is 3.75. The average Bonchev–Trinajstić information content (AvgIpc) is 2.63. The van der Waals surface area contributed by atoms with Gasteiger partial charge in [-0.3, -0.25) is 4.79 Å². The molecule has 0 atom stereocenters. The fourth-order valence-corrected chi connectivity index (χ4v) is 4.25. The SMILES string of the molecule is CCOc1ccc(C(=O)Nc2ccc3c(c2CC)CNCC3(C)C)cc1Br. The largest absolute Gasteiger partial charge is 0.493 e. The van der Waals surface area contributed by atoms with Crippen molar-refractivity contribution in [2.24, 2.45) is 0 Å². The molecule has 5 heteroatoms. The Balaban J connectivity index is 1.89. The van der Waals surface area contributed by atoms with Crippen LogP contribution in [-0.4, -0.2) is 19.1 Å². The van der Waals surface area contributed by atoms with E-state index < -0.39 is 0 Å². The van der Waals surface area contributed by atoms with Gasteiger partial charge in [0.1, 0.15) is 5.75 Å². The monoisotopic (exact) mass is 430 g/mol. The van der Waals surface area contributed by atoms with Crippen LogP contribution in [0.4, 0.5) is 5.69 Å². The maximum atomic E-state index is 12.8. The minimum Gasteiger partial charge on any atom is -0.493 e. The summed E-state index contributed by atoms with van der Waals surface area (Å²) in [5.74, 6) is 0.627. The molecule has 2 N–H and O–H groups in total. The van der Waals surface area contributed by atoms with Crippen LogP contribution in [0, 0.1) is 0 Å². The number of hydrogen-bond acceptors (Lipinski definition) is 3. The molecule has 1 aliphatic heterocycles. The molecular formula is C22H27BrN2O2. The average molecular weight is 431 g/mol. The van der Waals surface area contributed by atoms with Gasteiger partial charge in [0.25, 0.3) is 5.91 Å². The number of anilines is 1. The van der Waals surface area contributed by atoms with E-state index in [1.54, 1.807) is 12.1 Å². The second-order valence-corrected chi connectivity index (χ2v) is 8.35. The third kappa shape index (κ3) is 4.04. The van der Waals surface area contributed by atoms with Crippen LogP contribution in [0.25, 0.3) is 0 Å². The van der Waals surface area contributed by atoms with Crippen LogP contribution in [0.3, 0.4) is 0 Å². The van der Waals surface area contributed by atoms with E-state index in [0.29, 0.717) is 12.2 Å². The molecule has 0 unspecified atom stereocenters. The summed E-state index contributed by atoms with van der Waals surface area (Å²) >= 11 is 3.48. The van der Waals surface area contributed by atoms with E-state index in [9.17, 15) is 4.79 Å². The molecule has 4 nitrogen and oxygen atoms in total. The zero-order chi connectivity index (χ0) is 19.6. The lowest BCUT2D eigenvalue weighted by molar-refractivity contribution is 0.102. The van der Waals surface area contributed by atoms with E-state index >= 15 is 0 Å². The van der Waals surface area contributed by atoms with E-state index in [1.165, 1.54) is 16.7 Å². The Bertz CT molecular complexity index is 862. The highest BCUT2D eigenvalue weighted by Gasteiger charge is 2.29. The van der Waals surface area contributed by atoms with Crippen molar-refractivity contribution in [1.29, 1.82) is 0 Å². The first-order valence-electron chi connectivity index (χ1n) is 9.47. The topological polar surface area (TPSA) is 50.4 Å². The molecule has 27 heavy (non-hydrogen) atoms. The summed E-state index contributed by atoms with van der Waals surface area (Å²) in [7, 11) is 0. The summed E-state index contributed by atoms with van der Waals surface area (Å²) < 4.78 is 6.30. The third-order valence-corrected chi connectivity index (χ3v) is 5.74. The fraction of sp³-hybridized carbons (Fsp3) is 0.409. The van der Waals surface area contributed by atoms with Gasteiger partial charge >= 0.3 is 0 Å². The van der Waals surface area contributed by atoms with E-state index in [4.69, 9.17) is 4.74 Å². The van der Waals surface area contributed by atoms with E-state index in [-0.39, 0.29) is 11.3 Å². The Labute approximate surface area is 169 Å². The van der Waals surface area contributed by atoms with E-state index in [1.807, 2.05) is 19.1 Å². The van der Waals surface area contributed by atoms with Gasteiger partial charge in [-0.1, -0.05) is 26.8 Å². The molecule has 0 saturated heterocycles. The van der Waals surface area contributed by atoms with Crippen LogP contribution in [0.1, 0.15) is 54.7 Å². The first-order valence-corrected chi connectivity index (χ1v) is 10.3. The molecule has 2 aromatic rings. The lowest BCUT2D eigenvalue weighted by atomic mass is 9.77. The van der Waals surface area contributed by atoms with Crippen molar-refractivity contribution in [2.75, 3.05) is 18.5 Å². The third-order valence-electron chi connectivity index (χ3n) is 5.12. The Hall–Kier alpha value is -1.85. The van der Waals surface area contributed by atoms with Crippen molar-refractivity contribution in [3.63, 3.8) is 0 Å². The Kier molecular flexibility index (Phi) is 5.92. The predicted octanol–water partition coefficient (Wildman–Crippen LogP) is 5.04. The Morgan fingerprint density at radius 2 is 2.04 bits per heavy atom. The molecule has 2 aromatic carbocycles. The quantitative estimate of drug-likeness (QED) is 0.697. The number of amides is 1. The predicted molar refractivity (Wildman–Crippen MR) is 114 cm³/mol. The lowest BCUT2D eigenvalue weighted by Crippen LogP contribution is -2.39. The molecule has 0 spiro atoms. The van der Waals surface area contributed by atoms with Crippen LogP contribution in [0.5, 0.6) is 5.75 Å². The highest BCUT2D eigenvalue weighted by atomic mass is 79.9.